The average Bonchev–Trinajstić information content (AvgIpc) is 2.95. The van der Waals surface area contributed by atoms with E-state index in [0.29, 0.717) is 17.1 Å². The minimum absolute atomic E-state index is 0.00215. The van der Waals surface area contributed by atoms with Gasteiger partial charge in [0.15, 0.2) is 5.82 Å². The number of pyridine rings is 1. The van der Waals surface area contributed by atoms with Crippen LogP contribution in [0.4, 0.5) is 5.82 Å². The Morgan fingerprint density at radius 2 is 2.04 bits per heavy atom. The Hall–Kier alpha value is -3.29. The Balaban J connectivity index is 1.75. The highest BCUT2D eigenvalue weighted by atomic mass is 16.6. The van der Waals surface area contributed by atoms with E-state index >= 15 is 0 Å². The van der Waals surface area contributed by atoms with Crippen molar-refractivity contribution in [3.8, 4) is 0 Å². The van der Waals surface area contributed by atoms with Crippen molar-refractivity contribution in [1.82, 2.24) is 14.5 Å². The molecule has 0 atom stereocenters. The number of fused-ring (bicyclic) bond motifs is 1. The molecule has 2 aromatic heterocycles. The molecular formula is C18H18N4O4. The Kier molecular flexibility index (Phi) is 4.66. The number of carbonyl (C=O) groups excluding carboxylic acids is 1. The SMILES string of the molecule is Cc1ccc2nc(C)c(C(=O)OCCn3c([N+](=O)[O-])cnc3C)cc2c1. The van der Waals surface area contributed by atoms with Crippen molar-refractivity contribution in [2.24, 2.45) is 0 Å². The van der Waals surface area contributed by atoms with E-state index in [4.69, 9.17) is 4.74 Å². The van der Waals surface area contributed by atoms with Gasteiger partial charge in [-0.05, 0) is 37.0 Å². The van der Waals surface area contributed by atoms with Gasteiger partial charge in [-0.15, -0.1) is 0 Å². The molecular weight excluding hydrogens is 336 g/mol. The first-order valence-corrected chi connectivity index (χ1v) is 8.08. The Morgan fingerprint density at radius 3 is 2.77 bits per heavy atom. The molecule has 2 heterocycles. The summed E-state index contributed by atoms with van der Waals surface area (Å²) in [5.41, 5.74) is 2.86. The molecule has 0 saturated heterocycles. The number of esters is 1. The molecule has 0 N–H and O–H groups in total. The van der Waals surface area contributed by atoms with Crippen molar-refractivity contribution in [2.45, 2.75) is 27.3 Å². The number of carbonyl (C=O) groups is 1. The predicted octanol–water partition coefficient (Wildman–Crippen LogP) is 3.12. The monoisotopic (exact) mass is 354 g/mol. The van der Waals surface area contributed by atoms with Gasteiger partial charge in [0.05, 0.1) is 16.8 Å². The lowest BCUT2D eigenvalue weighted by molar-refractivity contribution is -0.392. The van der Waals surface area contributed by atoms with Crippen LogP contribution in [-0.4, -0.2) is 32.0 Å². The van der Waals surface area contributed by atoms with Gasteiger partial charge in [0, 0.05) is 12.3 Å². The van der Waals surface area contributed by atoms with Gasteiger partial charge in [0.1, 0.15) is 19.3 Å². The van der Waals surface area contributed by atoms with Crippen LogP contribution in [0.2, 0.25) is 0 Å². The fourth-order valence-electron chi connectivity index (χ4n) is 2.78. The zero-order chi connectivity index (χ0) is 18.8. The van der Waals surface area contributed by atoms with Crippen molar-refractivity contribution < 1.29 is 14.5 Å². The van der Waals surface area contributed by atoms with E-state index in [0.717, 1.165) is 16.5 Å². The number of nitrogens with zero attached hydrogens (tertiary/aromatic N) is 4. The Morgan fingerprint density at radius 1 is 1.27 bits per heavy atom. The van der Waals surface area contributed by atoms with Gasteiger partial charge in [-0.25, -0.2) is 14.3 Å². The van der Waals surface area contributed by atoms with Crippen molar-refractivity contribution in [3.05, 3.63) is 63.2 Å². The fraction of sp³-hybridized carbons (Fsp3) is 0.278. The van der Waals surface area contributed by atoms with Crippen LogP contribution in [0.25, 0.3) is 10.9 Å². The van der Waals surface area contributed by atoms with E-state index in [1.807, 2.05) is 25.1 Å². The van der Waals surface area contributed by atoms with Crippen molar-refractivity contribution in [3.63, 3.8) is 0 Å². The van der Waals surface area contributed by atoms with Crippen LogP contribution in [-0.2, 0) is 11.3 Å². The number of hydrogen-bond acceptors (Lipinski definition) is 6. The summed E-state index contributed by atoms with van der Waals surface area (Å²) in [5.74, 6) is -0.136. The van der Waals surface area contributed by atoms with Crippen molar-refractivity contribution >= 4 is 22.7 Å². The number of aryl methyl sites for hydroxylation is 3. The van der Waals surface area contributed by atoms with Crippen LogP contribution in [0, 0.1) is 30.9 Å². The number of hydrogen-bond donors (Lipinski definition) is 0. The topological polar surface area (TPSA) is 100 Å². The fourth-order valence-corrected chi connectivity index (χ4v) is 2.78. The van der Waals surface area contributed by atoms with Crippen molar-refractivity contribution in [1.29, 1.82) is 0 Å². The standard InChI is InChI=1S/C18H18N4O4/c1-11-4-5-16-14(8-11)9-15(12(2)20-16)18(23)26-7-6-21-13(3)19-10-17(21)22(24)25/h4-5,8-10H,6-7H2,1-3H3. The van der Waals surface area contributed by atoms with Crippen LogP contribution in [0.15, 0.2) is 30.5 Å². The highest BCUT2D eigenvalue weighted by Gasteiger charge is 2.18. The number of ether oxygens (including phenoxy) is 1. The van der Waals surface area contributed by atoms with E-state index < -0.39 is 10.9 Å². The maximum absolute atomic E-state index is 12.4. The third kappa shape index (κ3) is 3.39. The summed E-state index contributed by atoms with van der Waals surface area (Å²) in [6.45, 7) is 5.54. The molecule has 0 spiro atoms. The van der Waals surface area contributed by atoms with Crippen molar-refractivity contribution in [2.75, 3.05) is 6.61 Å². The first-order valence-electron chi connectivity index (χ1n) is 8.08. The molecule has 0 unspecified atom stereocenters. The molecule has 0 saturated carbocycles. The van der Waals surface area contributed by atoms with Gasteiger partial charge in [-0.1, -0.05) is 11.6 Å². The maximum Gasteiger partial charge on any atom is 0.342 e. The molecule has 0 aliphatic rings. The second kappa shape index (κ2) is 6.91. The summed E-state index contributed by atoms with van der Waals surface area (Å²) in [6, 6.07) is 7.59. The lowest BCUT2D eigenvalue weighted by Gasteiger charge is -2.09. The molecule has 0 fully saturated rings. The number of benzene rings is 1. The Labute approximate surface area is 149 Å². The molecule has 8 heteroatoms. The molecule has 134 valence electrons. The van der Waals surface area contributed by atoms with Gasteiger partial charge in [0.2, 0.25) is 0 Å². The van der Waals surface area contributed by atoms with Crippen LogP contribution in [0.1, 0.15) is 27.4 Å². The highest BCUT2D eigenvalue weighted by molar-refractivity contribution is 5.95. The third-order valence-electron chi connectivity index (χ3n) is 4.15. The second-order valence-electron chi connectivity index (χ2n) is 6.03. The summed E-state index contributed by atoms with van der Waals surface area (Å²) in [7, 11) is 0. The molecule has 3 rings (SSSR count). The van der Waals surface area contributed by atoms with E-state index in [2.05, 4.69) is 9.97 Å². The van der Waals surface area contributed by atoms with Gasteiger partial charge >= 0.3 is 11.8 Å². The summed E-state index contributed by atoms with van der Waals surface area (Å²) < 4.78 is 6.71. The van der Waals surface area contributed by atoms with E-state index in [-0.39, 0.29) is 19.0 Å². The molecule has 26 heavy (non-hydrogen) atoms. The molecule has 0 aliphatic carbocycles. The number of nitro groups is 1. The second-order valence-corrected chi connectivity index (χ2v) is 6.03. The minimum Gasteiger partial charge on any atom is -0.458 e. The molecule has 8 nitrogen and oxygen atoms in total. The molecule has 0 amide bonds. The normalized spacial score (nSPS) is 10.9. The molecule has 0 aliphatic heterocycles. The van der Waals surface area contributed by atoms with Gasteiger partial charge in [-0.2, -0.15) is 0 Å². The van der Waals surface area contributed by atoms with Gasteiger partial charge in [-0.3, -0.25) is 4.98 Å². The maximum atomic E-state index is 12.4. The largest absolute Gasteiger partial charge is 0.458 e. The minimum atomic E-state index is -0.512. The number of aromatic nitrogens is 3. The molecule has 0 bridgehead atoms. The highest BCUT2D eigenvalue weighted by Crippen LogP contribution is 2.19. The summed E-state index contributed by atoms with van der Waals surface area (Å²) in [6.07, 6.45) is 1.19. The van der Waals surface area contributed by atoms with Gasteiger partial charge in [0.25, 0.3) is 0 Å². The first kappa shape index (κ1) is 17.5. The smallest absolute Gasteiger partial charge is 0.342 e. The molecule has 3 aromatic rings. The van der Waals surface area contributed by atoms with E-state index in [1.165, 1.54) is 10.8 Å². The van der Waals surface area contributed by atoms with Crippen LogP contribution < -0.4 is 0 Å². The number of rotatable bonds is 5. The van der Waals surface area contributed by atoms with E-state index in [1.54, 1.807) is 19.9 Å². The lowest BCUT2D eigenvalue weighted by Crippen LogP contribution is -2.15. The lowest BCUT2D eigenvalue weighted by atomic mass is 10.1. The molecule has 1 aromatic carbocycles. The predicted molar refractivity (Wildman–Crippen MR) is 95.1 cm³/mol. The Bertz CT molecular complexity index is 1010. The zero-order valence-corrected chi connectivity index (χ0v) is 14.7. The number of imidazole rings is 1. The average molecular weight is 354 g/mol. The first-order chi connectivity index (χ1) is 12.4. The van der Waals surface area contributed by atoms with Crippen LogP contribution >= 0.6 is 0 Å². The van der Waals surface area contributed by atoms with Gasteiger partial charge < -0.3 is 14.9 Å². The summed E-state index contributed by atoms with van der Waals surface area (Å²) in [5, 5.41) is 11.8. The van der Waals surface area contributed by atoms with Crippen LogP contribution in [0.5, 0.6) is 0 Å². The third-order valence-corrected chi connectivity index (χ3v) is 4.15. The van der Waals surface area contributed by atoms with Crippen LogP contribution in [0.3, 0.4) is 0 Å². The summed E-state index contributed by atoms with van der Waals surface area (Å²) in [4.78, 5) is 31.2. The quantitative estimate of drug-likeness (QED) is 0.396. The summed E-state index contributed by atoms with van der Waals surface area (Å²) >= 11 is 0. The zero-order valence-electron chi connectivity index (χ0n) is 14.7. The molecule has 0 radical (unpaired) electrons. The van der Waals surface area contributed by atoms with E-state index in [9.17, 15) is 14.9 Å².